The van der Waals surface area contributed by atoms with Gasteiger partial charge in [-0.1, -0.05) is 25.6 Å². The lowest BCUT2D eigenvalue weighted by Gasteiger charge is -2.41. The molecular weight excluding hydrogens is 521 g/mol. The molecule has 3 aliphatic rings. The maximum atomic E-state index is 14.0. The number of allylic oxidation sites excluding steroid dienone is 2. The zero-order valence-electron chi connectivity index (χ0n) is 21.2. The van der Waals surface area contributed by atoms with Crippen molar-refractivity contribution in [2.45, 2.75) is 39.8 Å². The van der Waals surface area contributed by atoms with Crippen molar-refractivity contribution in [2.75, 3.05) is 12.4 Å². The summed E-state index contributed by atoms with van der Waals surface area (Å²) < 4.78 is 14.0. The molecule has 1 amide bonds. The number of fused-ring (bicyclic) bond motifs is 3. The Bertz CT molecular complexity index is 1460. The number of aliphatic hydroxyl groups is 2. The summed E-state index contributed by atoms with van der Waals surface area (Å²) >= 11 is 0. The highest BCUT2D eigenvalue weighted by molar-refractivity contribution is 6.21. The number of rotatable bonds is 6. The molecule has 1 fully saturated rings. The molecule has 0 aromatic heterocycles. The first kappa shape index (κ1) is 30.3. The van der Waals surface area contributed by atoms with Crippen molar-refractivity contribution in [1.82, 2.24) is 5.32 Å². The number of hydrogen-bond donors (Lipinski definition) is 6. The lowest BCUT2D eigenvalue weighted by Crippen LogP contribution is -2.44. The molecule has 10 nitrogen and oxygen atoms in total. The number of aromatic hydroxyl groups is 1. The first-order valence-electron chi connectivity index (χ1n) is 12.4. The van der Waals surface area contributed by atoms with Crippen molar-refractivity contribution in [3.63, 3.8) is 0 Å². The molecule has 3 aliphatic carbocycles. The maximum absolute atomic E-state index is 14.0. The number of aliphatic hydroxyl groups excluding tert-OH is 2. The molecule has 11 heteroatoms. The number of phenols is 1. The Kier molecular flexibility index (Phi) is 8.71. The van der Waals surface area contributed by atoms with Gasteiger partial charge >= 0.3 is 0 Å². The molecule has 0 heterocycles. The number of carbonyl (C=O) groups excluding carboxylic acids is 3. The van der Waals surface area contributed by atoms with Crippen LogP contribution in [0, 0.1) is 23.6 Å². The molecule has 1 saturated carbocycles. The predicted molar refractivity (Wildman–Crippen MR) is 151 cm³/mol. The number of phenolic OH excluding ortho intramolecular Hbond substituents is 1. The van der Waals surface area contributed by atoms with Crippen LogP contribution in [0.1, 0.15) is 45.4 Å². The molecule has 0 spiro atoms. The number of amides is 1. The third-order valence-electron chi connectivity index (χ3n) is 7.83. The van der Waals surface area contributed by atoms with Crippen LogP contribution in [0.25, 0.3) is 5.76 Å². The smallest absolute Gasteiger partial charge is 0.255 e. The normalized spacial score (nSPS) is 21.5. The molecular formula is C29H38FN3O7. The van der Waals surface area contributed by atoms with Gasteiger partial charge in [0, 0.05) is 51.8 Å². The Balaban J connectivity index is 0.00000220. The van der Waals surface area contributed by atoms with E-state index in [9.17, 15) is 34.1 Å². The van der Waals surface area contributed by atoms with E-state index < -0.39 is 52.3 Å². The van der Waals surface area contributed by atoms with Crippen molar-refractivity contribution in [3.05, 3.63) is 75.3 Å². The van der Waals surface area contributed by atoms with Crippen LogP contribution in [-0.2, 0) is 33.9 Å². The number of primary amides is 1. The van der Waals surface area contributed by atoms with Crippen LogP contribution < -0.4 is 16.4 Å². The van der Waals surface area contributed by atoms with Gasteiger partial charge in [-0.2, -0.15) is 0 Å². The number of anilines is 1. The van der Waals surface area contributed by atoms with E-state index in [-0.39, 0.29) is 58.0 Å². The number of ketones is 2. The second kappa shape index (κ2) is 11.5. The number of benzene rings is 2. The van der Waals surface area contributed by atoms with Crippen molar-refractivity contribution in [3.8, 4) is 5.75 Å². The summed E-state index contributed by atoms with van der Waals surface area (Å²) in [6, 6.07) is 8.08. The van der Waals surface area contributed by atoms with Crippen molar-refractivity contribution in [2.24, 2.45) is 23.5 Å². The summed E-state index contributed by atoms with van der Waals surface area (Å²) in [5, 5.41) is 39.4. The van der Waals surface area contributed by atoms with E-state index in [1.54, 1.807) is 31.3 Å². The molecule has 3 atom stereocenters. The highest BCUT2D eigenvalue weighted by Gasteiger charge is 2.51. The average molecular weight is 560 g/mol. The van der Waals surface area contributed by atoms with Crippen LogP contribution in [0.15, 0.2) is 47.2 Å². The predicted octanol–water partition coefficient (Wildman–Crippen LogP) is 3.08. The van der Waals surface area contributed by atoms with Crippen LogP contribution in [-0.4, -0.2) is 45.3 Å². The van der Waals surface area contributed by atoms with Gasteiger partial charge < -0.3 is 37.2 Å². The quantitative estimate of drug-likeness (QED) is 0.229. The van der Waals surface area contributed by atoms with E-state index in [2.05, 4.69) is 10.6 Å². The van der Waals surface area contributed by atoms with Crippen LogP contribution >= 0.6 is 0 Å². The molecule has 218 valence electrons. The lowest BCUT2D eigenvalue weighted by atomic mass is 9.61. The van der Waals surface area contributed by atoms with Gasteiger partial charge in [0.15, 0.2) is 11.6 Å². The number of nitrogens with one attached hydrogen (secondary N) is 2. The number of nitrogens with two attached hydrogens (primary N) is 1. The van der Waals surface area contributed by atoms with Crippen LogP contribution in [0.4, 0.5) is 10.1 Å². The molecule has 0 radical (unpaired) electrons. The van der Waals surface area contributed by atoms with Gasteiger partial charge in [-0.05, 0) is 42.4 Å². The summed E-state index contributed by atoms with van der Waals surface area (Å²) in [6.45, 7) is 0.363. The average Bonchev–Trinajstić information content (AvgIpc) is 2.85. The second-order valence-corrected chi connectivity index (χ2v) is 9.98. The summed E-state index contributed by atoms with van der Waals surface area (Å²) in [4.78, 5) is 37.8. The Labute approximate surface area is 233 Å². The second-order valence-electron chi connectivity index (χ2n) is 9.98. The molecule has 3 unspecified atom stereocenters. The monoisotopic (exact) mass is 559 g/mol. The first-order chi connectivity index (χ1) is 18.1. The number of carbonyl (C=O) groups is 3. The highest BCUT2D eigenvalue weighted by atomic mass is 19.1. The summed E-state index contributed by atoms with van der Waals surface area (Å²) in [6.07, 6.45) is 0.539. The van der Waals surface area contributed by atoms with E-state index >= 15 is 0 Å². The summed E-state index contributed by atoms with van der Waals surface area (Å²) in [7, 11) is 1.70. The summed E-state index contributed by atoms with van der Waals surface area (Å²) in [5.41, 5.74) is 7.04. The zero-order chi connectivity index (χ0) is 27.3. The van der Waals surface area contributed by atoms with Crippen LogP contribution in [0.3, 0.4) is 0 Å². The van der Waals surface area contributed by atoms with Gasteiger partial charge in [-0.3, -0.25) is 14.4 Å². The Hall–Kier alpha value is -4.22. The Morgan fingerprint density at radius 2 is 1.80 bits per heavy atom. The van der Waals surface area contributed by atoms with Crippen LogP contribution in [0.5, 0.6) is 5.75 Å². The fourth-order valence-electron chi connectivity index (χ4n) is 6.10. The maximum Gasteiger partial charge on any atom is 0.255 e. The minimum absolute atomic E-state index is 0. The largest absolute Gasteiger partial charge is 0.511 e. The molecule has 2 aromatic rings. The number of halogens is 1. The van der Waals surface area contributed by atoms with Crippen molar-refractivity contribution in [1.29, 1.82) is 0 Å². The van der Waals surface area contributed by atoms with Gasteiger partial charge in [0.05, 0.1) is 11.5 Å². The van der Waals surface area contributed by atoms with Gasteiger partial charge in [0.2, 0.25) is 0 Å². The fourth-order valence-corrected chi connectivity index (χ4v) is 6.10. The molecule has 0 bridgehead atoms. The van der Waals surface area contributed by atoms with Crippen molar-refractivity contribution >= 4 is 28.9 Å². The molecule has 9 N–H and O–H groups in total. The lowest BCUT2D eigenvalue weighted by molar-refractivity contribution is -0.127. The SMILES string of the molecule is C.CNc1cc(CNCc2ccccc2F)c(O)c2c1CC1CC3CC(=O)C(C(N)=O)=C(O)C3C(=O)C1=C2O.O.[HH].[HH]. The topological polar surface area (TPSA) is 193 Å². The highest BCUT2D eigenvalue weighted by Crippen LogP contribution is 2.51. The zero-order valence-corrected chi connectivity index (χ0v) is 21.2. The molecule has 40 heavy (non-hydrogen) atoms. The summed E-state index contributed by atoms with van der Waals surface area (Å²) in [5.74, 6) is -6.04. The molecule has 0 aliphatic heterocycles. The third kappa shape index (κ3) is 4.82. The van der Waals surface area contributed by atoms with Gasteiger partial charge in [-0.15, -0.1) is 0 Å². The minimum Gasteiger partial charge on any atom is -0.511 e. The van der Waals surface area contributed by atoms with Gasteiger partial charge in [0.1, 0.15) is 28.7 Å². The van der Waals surface area contributed by atoms with E-state index in [1.807, 2.05) is 0 Å². The molecule has 0 saturated heterocycles. The van der Waals surface area contributed by atoms with Crippen molar-refractivity contribution < 1.29 is 42.4 Å². The number of Topliss-reactive ketones (excluding diaryl/α,β-unsaturated/α-hetero) is 2. The van der Waals surface area contributed by atoms with E-state index in [0.29, 0.717) is 35.2 Å². The van der Waals surface area contributed by atoms with E-state index in [1.165, 1.54) is 6.07 Å². The molecule has 2 aromatic carbocycles. The molecule has 5 rings (SSSR count). The Morgan fingerprint density at radius 3 is 2.45 bits per heavy atom. The first-order valence-corrected chi connectivity index (χ1v) is 12.4. The van der Waals surface area contributed by atoms with Gasteiger partial charge in [-0.25, -0.2) is 4.39 Å². The third-order valence-corrected chi connectivity index (χ3v) is 7.83. The Morgan fingerprint density at radius 1 is 1.12 bits per heavy atom. The van der Waals surface area contributed by atoms with E-state index in [0.717, 1.165) is 0 Å². The van der Waals surface area contributed by atoms with E-state index in [4.69, 9.17) is 5.73 Å². The minimum atomic E-state index is -1.17. The number of hydrogen-bond acceptors (Lipinski definition) is 8. The standard InChI is InChI=1S/C28H28FN3O6.CH4.H2O.2H2/c1-31-18-8-15(11-32-10-12-4-2-3-5-17(12)29)24(34)22-16(18)7-13-6-14-9-19(33)23(28(30)38)27(37)21(14)25(35)20(13)26(22)36;;;;/h2-5,8,13-14,21,31-32,34,36-37H,6-7,9-11H2,1H3,(H2,30,38);1H4;1H2;2*1H. The van der Waals surface area contributed by atoms with Crippen LogP contribution in [0.2, 0.25) is 0 Å². The van der Waals surface area contributed by atoms with Gasteiger partial charge in [0.25, 0.3) is 5.91 Å². The fraction of sp³-hybridized carbons (Fsp3) is 0.345.